The summed E-state index contributed by atoms with van der Waals surface area (Å²) >= 11 is 0. The van der Waals surface area contributed by atoms with Gasteiger partial charge in [0, 0.05) is 6.54 Å². The van der Waals surface area contributed by atoms with E-state index in [4.69, 9.17) is 16.6 Å². The van der Waals surface area contributed by atoms with Crippen molar-refractivity contribution in [1.29, 1.82) is 0 Å². The lowest BCUT2D eigenvalue weighted by atomic mass is 9.93. The first-order chi connectivity index (χ1) is 6.20. The van der Waals surface area contributed by atoms with Crippen LogP contribution in [0.15, 0.2) is 30.3 Å². The molecule has 1 unspecified atom stereocenters. The van der Waals surface area contributed by atoms with Crippen LogP contribution in [0.2, 0.25) is 0 Å². The highest BCUT2D eigenvalue weighted by Crippen LogP contribution is 2.08. The number of benzene rings is 1. The molecule has 0 aliphatic rings. The fraction of sp³-hybridized carbons (Fsp3) is 0.400. The molecule has 1 aromatic carbocycles. The number of hydrogen-bond acceptors (Lipinski definition) is 3. The van der Waals surface area contributed by atoms with Crippen molar-refractivity contribution in [3.8, 4) is 0 Å². The summed E-state index contributed by atoms with van der Waals surface area (Å²) in [5.74, 6) is 0. The van der Waals surface area contributed by atoms with Crippen molar-refractivity contribution in [2.24, 2.45) is 11.5 Å². The summed E-state index contributed by atoms with van der Waals surface area (Å²) in [6.07, 6.45) is 0.612. The van der Waals surface area contributed by atoms with Gasteiger partial charge in [-0.05, 0) is 12.0 Å². The maximum atomic E-state index is 9.04. The molecule has 0 spiro atoms. The Bertz CT molecular complexity index is 244. The summed E-state index contributed by atoms with van der Waals surface area (Å²) in [6.45, 7) is 0.205. The van der Waals surface area contributed by atoms with Crippen LogP contribution in [-0.4, -0.2) is 23.8 Å². The summed E-state index contributed by atoms with van der Waals surface area (Å²) in [5.41, 5.74) is 11.8. The van der Waals surface area contributed by atoms with Gasteiger partial charge >= 0.3 is 0 Å². The lowest BCUT2D eigenvalue weighted by molar-refractivity contribution is 0.199. The van der Waals surface area contributed by atoms with Gasteiger partial charge in [-0.15, -0.1) is 0 Å². The van der Waals surface area contributed by atoms with Gasteiger partial charge in [-0.25, -0.2) is 0 Å². The minimum Gasteiger partial charge on any atom is -0.394 e. The topological polar surface area (TPSA) is 72.3 Å². The van der Waals surface area contributed by atoms with E-state index < -0.39 is 5.54 Å². The van der Waals surface area contributed by atoms with Gasteiger partial charge in [-0.3, -0.25) is 0 Å². The molecule has 1 atom stereocenters. The smallest absolute Gasteiger partial charge is 0.0626 e. The molecular weight excluding hydrogens is 164 g/mol. The zero-order chi connectivity index (χ0) is 9.73. The van der Waals surface area contributed by atoms with Gasteiger partial charge in [-0.2, -0.15) is 0 Å². The molecule has 0 aliphatic carbocycles. The molecule has 0 aromatic heterocycles. The van der Waals surface area contributed by atoms with E-state index >= 15 is 0 Å². The Labute approximate surface area is 78.4 Å². The summed E-state index contributed by atoms with van der Waals surface area (Å²) < 4.78 is 0. The van der Waals surface area contributed by atoms with Gasteiger partial charge in [0.05, 0.1) is 12.1 Å². The Kier molecular flexibility index (Phi) is 3.42. The van der Waals surface area contributed by atoms with Gasteiger partial charge in [0.1, 0.15) is 0 Å². The minimum absolute atomic E-state index is 0.0849. The number of aliphatic hydroxyl groups excluding tert-OH is 1. The summed E-state index contributed by atoms with van der Waals surface area (Å²) in [4.78, 5) is 0. The third kappa shape index (κ3) is 2.81. The molecular formula is C10H16N2O. The highest BCUT2D eigenvalue weighted by Gasteiger charge is 2.21. The standard InChI is InChI=1S/C10H16N2O/c11-7-10(12,8-13)6-9-4-2-1-3-5-9/h1-5,13H,6-8,11-12H2. The summed E-state index contributed by atoms with van der Waals surface area (Å²) in [6, 6.07) is 9.80. The molecule has 0 amide bonds. The SMILES string of the molecule is NCC(N)(CO)Cc1ccccc1. The predicted molar refractivity (Wildman–Crippen MR) is 53.2 cm³/mol. The molecule has 0 saturated heterocycles. The van der Waals surface area contributed by atoms with E-state index in [9.17, 15) is 0 Å². The molecule has 1 rings (SSSR count). The molecule has 5 N–H and O–H groups in total. The van der Waals surface area contributed by atoms with Crippen molar-refractivity contribution in [1.82, 2.24) is 0 Å². The summed E-state index contributed by atoms with van der Waals surface area (Å²) in [5, 5.41) is 9.04. The Morgan fingerprint density at radius 2 is 1.85 bits per heavy atom. The van der Waals surface area contributed by atoms with Crippen LogP contribution >= 0.6 is 0 Å². The quantitative estimate of drug-likeness (QED) is 0.604. The van der Waals surface area contributed by atoms with E-state index in [1.807, 2.05) is 30.3 Å². The molecule has 3 heteroatoms. The highest BCUT2D eigenvalue weighted by molar-refractivity contribution is 5.17. The minimum atomic E-state index is -0.679. The van der Waals surface area contributed by atoms with Crippen LogP contribution < -0.4 is 11.5 Å². The van der Waals surface area contributed by atoms with Crippen LogP contribution in [0.3, 0.4) is 0 Å². The van der Waals surface area contributed by atoms with Crippen LogP contribution in [0.4, 0.5) is 0 Å². The molecule has 0 bridgehead atoms. The second-order valence-electron chi connectivity index (χ2n) is 3.39. The third-order valence-corrected chi connectivity index (χ3v) is 2.12. The zero-order valence-corrected chi connectivity index (χ0v) is 7.61. The van der Waals surface area contributed by atoms with Crippen molar-refractivity contribution >= 4 is 0 Å². The van der Waals surface area contributed by atoms with E-state index in [1.165, 1.54) is 0 Å². The van der Waals surface area contributed by atoms with E-state index in [2.05, 4.69) is 0 Å². The second kappa shape index (κ2) is 4.37. The van der Waals surface area contributed by atoms with Crippen LogP contribution in [0, 0.1) is 0 Å². The van der Waals surface area contributed by atoms with Gasteiger partial charge in [0.2, 0.25) is 0 Å². The number of nitrogens with two attached hydrogens (primary N) is 2. The fourth-order valence-electron chi connectivity index (χ4n) is 1.20. The Hall–Kier alpha value is -0.900. The number of rotatable bonds is 4. The Balaban J connectivity index is 2.68. The molecule has 1 aromatic rings. The molecule has 0 heterocycles. The van der Waals surface area contributed by atoms with Crippen molar-refractivity contribution in [2.75, 3.05) is 13.2 Å². The Morgan fingerprint density at radius 3 is 2.31 bits per heavy atom. The van der Waals surface area contributed by atoms with E-state index in [0.717, 1.165) is 5.56 Å². The zero-order valence-electron chi connectivity index (χ0n) is 7.61. The first-order valence-electron chi connectivity index (χ1n) is 4.34. The molecule has 3 nitrogen and oxygen atoms in total. The predicted octanol–water partition coefficient (Wildman–Crippen LogP) is -0.122. The van der Waals surface area contributed by atoms with Gasteiger partial charge in [0.25, 0.3) is 0 Å². The van der Waals surface area contributed by atoms with E-state index in [0.29, 0.717) is 13.0 Å². The van der Waals surface area contributed by atoms with Crippen LogP contribution in [0.25, 0.3) is 0 Å². The average molecular weight is 180 g/mol. The fourth-order valence-corrected chi connectivity index (χ4v) is 1.20. The lowest BCUT2D eigenvalue weighted by Gasteiger charge is -2.25. The monoisotopic (exact) mass is 180 g/mol. The maximum Gasteiger partial charge on any atom is 0.0626 e. The number of hydrogen-bond donors (Lipinski definition) is 3. The third-order valence-electron chi connectivity index (χ3n) is 2.12. The molecule has 0 fully saturated rings. The van der Waals surface area contributed by atoms with Gasteiger partial charge in [-0.1, -0.05) is 30.3 Å². The van der Waals surface area contributed by atoms with Gasteiger partial charge in [0.15, 0.2) is 0 Å². The molecule has 13 heavy (non-hydrogen) atoms. The second-order valence-corrected chi connectivity index (χ2v) is 3.39. The van der Waals surface area contributed by atoms with Crippen molar-refractivity contribution < 1.29 is 5.11 Å². The first kappa shape index (κ1) is 10.2. The van der Waals surface area contributed by atoms with E-state index in [1.54, 1.807) is 0 Å². The molecule has 0 saturated carbocycles. The highest BCUT2D eigenvalue weighted by atomic mass is 16.3. The average Bonchev–Trinajstić information content (AvgIpc) is 2.19. The lowest BCUT2D eigenvalue weighted by Crippen LogP contribution is -2.52. The van der Waals surface area contributed by atoms with Gasteiger partial charge < -0.3 is 16.6 Å². The van der Waals surface area contributed by atoms with Crippen LogP contribution in [0.5, 0.6) is 0 Å². The first-order valence-corrected chi connectivity index (χ1v) is 4.34. The largest absolute Gasteiger partial charge is 0.394 e. The Morgan fingerprint density at radius 1 is 1.23 bits per heavy atom. The van der Waals surface area contributed by atoms with Crippen molar-refractivity contribution in [3.63, 3.8) is 0 Å². The molecule has 0 aliphatic heterocycles. The van der Waals surface area contributed by atoms with Crippen LogP contribution in [-0.2, 0) is 6.42 Å². The molecule has 72 valence electrons. The normalized spacial score (nSPS) is 15.3. The maximum absolute atomic E-state index is 9.04. The number of aliphatic hydroxyl groups is 1. The van der Waals surface area contributed by atoms with Crippen LogP contribution in [0.1, 0.15) is 5.56 Å². The van der Waals surface area contributed by atoms with Crippen molar-refractivity contribution in [2.45, 2.75) is 12.0 Å². The van der Waals surface area contributed by atoms with E-state index in [-0.39, 0.29) is 6.61 Å². The molecule has 0 radical (unpaired) electrons. The summed E-state index contributed by atoms with van der Waals surface area (Å²) in [7, 11) is 0. The van der Waals surface area contributed by atoms with Crippen molar-refractivity contribution in [3.05, 3.63) is 35.9 Å².